The Balaban J connectivity index is 3.12. The number of aryl methyl sites for hydroxylation is 1. The molecular weight excluding hydrogens is 174 g/mol. The third-order valence-corrected chi connectivity index (χ3v) is 1.61. The summed E-state index contributed by atoms with van der Waals surface area (Å²) in [5, 5.41) is 8.39. The summed E-state index contributed by atoms with van der Waals surface area (Å²) >= 11 is 0. The molecule has 13 heavy (non-hydrogen) atoms. The fraction of sp³-hybridized carbons (Fsp3) is 0.333. The van der Waals surface area contributed by atoms with Crippen molar-refractivity contribution < 1.29 is 8.78 Å². The van der Waals surface area contributed by atoms with Gasteiger partial charge in [0.05, 0.1) is 12.5 Å². The van der Waals surface area contributed by atoms with Gasteiger partial charge in [0, 0.05) is 6.20 Å². The molecule has 1 rings (SSSR count). The molecule has 0 aliphatic carbocycles. The third-order valence-electron chi connectivity index (χ3n) is 1.61. The maximum atomic E-state index is 12.3. The predicted octanol–water partition coefficient (Wildman–Crippen LogP) is 2.39. The molecule has 0 aromatic carbocycles. The molecule has 0 saturated carbocycles. The van der Waals surface area contributed by atoms with Crippen molar-refractivity contribution in [2.24, 2.45) is 0 Å². The van der Waals surface area contributed by atoms with Crippen molar-refractivity contribution in [3.63, 3.8) is 0 Å². The van der Waals surface area contributed by atoms with E-state index in [4.69, 9.17) is 5.26 Å². The van der Waals surface area contributed by atoms with E-state index < -0.39 is 6.43 Å². The molecule has 1 aromatic rings. The number of alkyl halides is 2. The lowest BCUT2D eigenvalue weighted by Crippen LogP contribution is -1.98. The molecule has 0 fully saturated rings. The Morgan fingerprint density at radius 2 is 2.31 bits per heavy atom. The molecule has 0 radical (unpaired) electrons. The van der Waals surface area contributed by atoms with Crippen LogP contribution < -0.4 is 0 Å². The van der Waals surface area contributed by atoms with Crippen LogP contribution in [0.15, 0.2) is 12.3 Å². The van der Waals surface area contributed by atoms with Crippen LogP contribution in [0.5, 0.6) is 0 Å². The molecule has 0 spiro atoms. The van der Waals surface area contributed by atoms with Crippen molar-refractivity contribution in [2.45, 2.75) is 19.8 Å². The van der Waals surface area contributed by atoms with Gasteiger partial charge in [-0.1, -0.05) is 6.07 Å². The first kappa shape index (κ1) is 9.59. The second-order valence-electron chi connectivity index (χ2n) is 2.69. The molecule has 68 valence electrons. The van der Waals surface area contributed by atoms with Gasteiger partial charge in [0.1, 0.15) is 5.69 Å². The molecule has 0 unspecified atom stereocenters. The molecule has 0 amide bonds. The summed E-state index contributed by atoms with van der Waals surface area (Å²) in [4.78, 5) is 3.60. The van der Waals surface area contributed by atoms with Crippen LogP contribution in [0.25, 0.3) is 0 Å². The molecule has 1 aromatic heterocycles. The standard InChI is InChI=1S/C9H8F2N2/c1-6-4-7(2-3-12)8(9(10)11)13-5-6/h4-5,9H,2H2,1H3. The molecular formula is C9H8F2N2. The van der Waals surface area contributed by atoms with Gasteiger partial charge in [-0.2, -0.15) is 5.26 Å². The van der Waals surface area contributed by atoms with E-state index in [1.807, 2.05) is 6.07 Å². The Kier molecular flexibility index (Phi) is 2.91. The first-order chi connectivity index (χ1) is 6.15. The summed E-state index contributed by atoms with van der Waals surface area (Å²) in [6.45, 7) is 1.75. The Bertz CT molecular complexity index is 342. The lowest BCUT2D eigenvalue weighted by atomic mass is 10.1. The number of aromatic nitrogens is 1. The smallest absolute Gasteiger partial charge is 0.255 e. The molecule has 0 aliphatic rings. The van der Waals surface area contributed by atoms with Crippen LogP contribution in [0.1, 0.15) is 23.2 Å². The monoisotopic (exact) mass is 182 g/mol. The van der Waals surface area contributed by atoms with Gasteiger partial charge in [0.2, 0.25) is 0 Å². The number of nitriles is 1. The molecule has 2 nitrogen and oxygen atoms in total. The van der Waals surface area contributed by atoms with Crippen LogP contribution in [0.4, 0.5) is 8.78 Å². The van der Waals surface area contributed by atoms with E-state index in [1.165, 1.54) is 6.20 Å². The van der Waals surface area contributed by atoms with Crippen molar-refractivity contribution in [1.29, 1.82) is 5.26 Å². The molecule has 0 N–H and O–H groups in total. The Hall–Kier alpha value is -1.50. The number of hydrogen-bond acceptors (Lipinski definition) is 2. The van der Waals surface area contributed by atoms with Gasteiger partial charge >= 0.3 is 0 Å². The van der Waals surface area contributed by atoms with E-state index in [9.17, 15) is 8.78 Å². The third kappa shape index (κ3) is 2.22. The van der Waals surface area contributed by atoms with Gasteiger partial charge in [-0.05, 0) is 18.1 Å². The summed E-state index contributed by atoms with van der Waals surface area (Å²) in [7, 11) is 0. The topological polar surface area (TPSA) is 36.7 Å². The van der Waals surface area contributed by atoms with Crippen molar-refractivity contribution in [1.82, 2.24) is 4.98 Å². The van der Waals surface area contributed by atoms with E-state index in [-0.39, 0.29) is 12.1 Å². The van der Waals surface area contributed by atoms with Crippen molar-refractivity contribution in [3.8, 4) is 6.07 Å². The predicted molar refractivity (Wildman–Crippen MR) is 43.2 cm³/mol. The molecule has 0 bridgehead atoms. The summed E-state index contributed by atoms with van der Waals surface area (Å²) < 4.78 is 24.6. The number of nitrogens with zero attached hydrogens (tertiary/aromatic N) is 2. The van der Waals surface area contributed by atoms with E-state index in [2.05, 4.69) is 4.98 Å². The maximum Gasteiger partial charge on any atom is 0.280 e. The number of pyridine rings is 1. The Morgan fingerprint density at radius 3 is 2.85 bits per heavy atom. The first-order valence-corrected chi connectivity index (χ1v) is 3.75. The minimum atomic E-state index is -2.61. The largest absolute Gasteiger partial charge is 0.280 e. The number of hydrogen-bond donors (Lipinski definition) is 0. The van der Waals surface area contributed by atoms with Crippen LogP contribution in [0.2, 0.25) is 0 Å². The highest BCUT2D eigenvalue weighted by Gasteiger charge is 2.13. The molecule has 0 aliphatic heterocycles. The van der Waals surface area contributed by atoms with Crippen LogP contribution in [-0.4, -0.2) is 4.98 Å². The highest BCUT2D eigenvalue weighted by molar-refractivity contribution is 5.27. The average Bonchev–Trinajstić information content (AvgIpc) is 2.04. The lowest BCUT2D eigenvalue weighted by Gasteiger charge is -2.04. The summed E-state index contributed by atoms with van der Waals surface area (Å²) in [5.74, 6) is 0. The number of rotatable bonds is 2. The molecule has 0 saturated heterocycles. The zero-order chi connectivity index (χ0) is 9.84. The first-order valence-electron chi connectivity index (χ1n) is 3.75. The summed E-state index contributed by atoms with van der Waals surface area (Å²) in [5.41, 5.74) is 0.819. The van der Waals surface area contributed by atoms with Gasteiger partial charge in [0.25, 0.3) is 6.43 Å². The van der Waals surface area contributed by atoms with E-state index in [1.54, 1.807) is 13.0 Å². The van der Waals surface area contributed by atoms with Gasteiger partial charge in [0.15, 0.2) is 0 Å². The van der Waals surface area contributed by atoms with Crippen molar-refractivity contribution >= 4 is 0 Å². The summed E-state index contributed by atoms with van der Waals surface area (Å²) in [6.07, 6.45) is -1.25. The SMILES string of the molecule is Cc1cnc(C(F)F)c(CC#N)c1. The van der Waals surface area contributed by atoms with Crippen molar-refractivity contribution in [2.75, 3.05) is 0 Å². The minimum Gasteiger partial charge on any atom is -0.255 e. The highest BCUT2D eigenvalue weighted by atomic mass is 19.3. The fourth-order valence-electron chi connectivity index (χ4n) is 1.06. The fourth-order valence-corrected chi connectivity index (χ4v) is 1.06. The van der Waals surface area contributed by atoms with Gasteiger partial charge in [-0.15, -0.1) is 0 Å². The van der Waals surface area contributed by atoms with Crippen molar-refractivity contribution in [3.05, 3.63) is 29.1 Å². The number of halogens is 2. The quantitative estimate of drug-likeness (QED) is 0.704. The van der Waals surface area contributed by atoms with Gasteiger partial charge < -0.3 is 0 Å². The lowest BCUT2D eigenvalue weighted by molar-refractivity contribution is 0.145. The molecule has 4 heteroatoms. The van der Waals surface area contributed by atoms with E-state index >= 15 is 0 Å². The van der Waals surface area contributed by atoms with Gasteiger partial charge in [-0.25, -0.2) is 8.78 Å². The normalized spacial score (nSPS) is 10.1. The van der Waals surface area contributed by atoms with E-state index in [0.29, 0.717) is 5.56 Å². The zero-order valence-electron chi connectivity index (χ0n) is 7.09. The highest BCUT2D eigenvalue weighted by Crippen LogP contribution is 2.21. The van der Waals surface area contributed by atoms with Gasteiger partial charge in [-0.3, -0.25) is 4.98 Å². The van der Waals surface area contributed by atoms with Crippen LogP contribution in [-0.2, 0) is 6.42 Å². The second kappa shape index (κ2) is 3.94. The van der Waals surface area contributed by atoms with Crippen LogP contribution in [0, 0.1) is 18.3 Å². The average molecular weight is 182 g/mol. The van der Waals surface area contributed by atoms with Crippen LogP contribution >= 0.6 is 0 Å². The Morgan fingerprint density at radius 1 is 1.62 bits per heavy atom. The Labute approximate surface area is 74.8 Å². The second-order valence-corrected chi connectivity index (χ2v) is 2.69. The molecule has 1 heterocycles. The molecule has 0 atom stereocenters. The van der Waals surface area contributed by atoms with E-state index in [0.717, 1.165) is 5.56 Å². The van der Waals surface area contributed by atoms with Crippen LogP contribution in [0.3, 0.4) is 0 Å². The zero-order valence-corrected chi connectivity index (χ0v) is 7.09. The maximum absolute atomic E-state index is 12.3. The summed E-state index contributed by atoms with van der Waals surface area (Å²) in [6, 6.07) is 3.40. The minimum absolute atomic E-state index is 0.0195.